The first-order chi connectivity index (χ1) is 14.6. The number of nitrogens with zero attached hydrogens (tertiary/aromatic N) is 3. The Morgan fingerprint density at radius 3 is 2.90 bits per heavy atom. The van der Waals surface area contributed by atoms with Gasteiger partial charge in [-0.3, -0.25) is 9.58 Å². The third-order valence-electron chi connectivity index (χ3n) is 5.25. The van der Waals surface area contributed by atoms with E-state index in [1.165, 1.54) is 6.07 Å². The molecule has 0 radical (unpaired) electrons. The zero-order valence-corrected chi connectivity index (χ0v) is 17.7. The van der Waals surface area contributed by atoms with Crippen molar-refractivity contribution in [2.75, 3.05) is 26.3 Å². The van der Waals surface area contributed by atoms with Crippen LogP contribution in [0.2, 0.25) is 5.02 Å². The van der Waals surface area contributed by atoms with Crippen LogP contribution in [-0.2, 0) is 24.8 Å². The lowest BCUT2D eigenvalue weighted by molar-refractivity contribution is -0.0354. The highest BCUT2D eigenvalue weighted by Crippen LogP contribution is 2.24. The van der Waals surface area contributed by atoms with Crippen LogP contribution in [0.5, 0.6) is 5.75 Å². The quantitative estimate of drug-likeness (QED) is 0.557. The molecule has 30 heavy (non-hydrogen) atoms. The maximum Gasteiger partial charge on any atom is 0.127 e. The average molecular weight is 430 g/mol. The Morgan fingerprint density at radius 1 is 1.20 bits per heavy atom. The number of ether oxygens (including phenoxy) is 2. The van der Waals surface area contributed by atoms with Gasteiger partial charge in [0.05, 0.1) is 18.9 Å². The maximum atomic E-state index is 14.0. The van der Waals surface area contributed by atoms with Gasteiger partial charge in [0.15, 0.2) is 0 Å². The van der Waals surface area contributed by atoms with Gasteiger partial charge in [-0.2, -0.15) is 5.10 Å². The minimum Gasteiger partial charge on any atom is -0.493 e. The Morgan fingerprint density at radius 2 is 2.07 bits per heavy atom. The summed E-state index contributed by atoms with van der Waals surface area (Å²) >= 11 is 5.99. The molecular weight excluding hydrogens is 405 g/mol. The van der Waals surface area contributed by atoms with E-state index in [2.05, 4.69) is 16.1 Å². The van der Waals surface area contributed by atoms with Crippen molar-refractivity contribution in [3.05, 3.63) is 82.4 Å². The Kier molecular flexibility index (Phi) is 6.67. The van der Waals surface area contributed by atoms with E-state index in [0.717, 1.165) is 30.1 Å². The second-order valence-corrected chi connectivity index (χ2v) is 7.86. The normalized spacial score (nSPS) is 17.2. The number of morpholine rings is 1. The number of aryl methyl sites for hydroxylation is 1. The van der Waals surface area contributed by atoms with Crippen molar-refractivity contribution in [1.82, 2.24) is 14.7 Å². The number of aromatic nitrogens is 2. The van der Waals surface area contributed by atoms with Crippen molar-refractivity contribution in [3.8, 4) is 5.75 Å². The van der Waals surface area contributed by atoms with Crippen molar-refractivity contribution >= 4 is 11.6 Å². The number of hydrogen-bond acceptors (Lipinski definition) is 4. The first-order valence-electron chi connectivity index (χ1n) is 10.1. The first kappa shape index (κ1) is 20.8. The SMILES string of the molecule is Cn1nc([C@@H]2CN(Cc3ccccc3F)CCO2)cc1CCOc1cccc(Cl)c1. The maximum absolute atomic E-state index is 14.0. The minimum atomic E-state index is -0.166. The van der Waals surface area contributed by atoms with Crippen LogP contribution in [0.3, 0.4) is 0 Å². The second-order valence-electron chi connectivity index (χ2n) is 7.43. The molecule has 0 aliphatic carbocycles. The molecule has 1 aliphatic rings. The van der Waals surface area contributed by atoms with E-state index >= 15 is 0 Å². The van der Waals surface area contributed by atoms with Crippen LogP contribution in [0.4, 0.5) is 4.39 Å². The Labute approximate surface area is 181 Å². The fourth-order valence-electron chi connectivity index (χ4n) is 3.64. The Bertz CT molecular complexity index is 994. The monoisotopic (exact) mass is 429 g/mol. The van der Waals surface area contributed by atoms with Crippen molar-refractivity contribution in [2.45, 2.75) is 19.1 Å². The molecule has 3 aromatic rings. The van der Waals surface area contributed by atoms with Gasteiger partial charge in [-0.05, 0) is 30.3 Å². The highest BCUT2D eigenvalue weighted by atomic mass is 35.5. The van der Waals surface area contributed by atoms with Gasteiger partial charge in [0.25, 0.3) is 0 Å². The van der Waals surface area contributed by atoms with Gasteiger partial charge in [-0.15, -0.1) is 0 Å². The van der Waals surface area contributed by atoms with Crippen LogP contribution < -0.4 is 4.74 Å². The number of hydrogen-bond donors (Lipinski definition) is 0. The van der Waals surface area contributed by atoms with Gasteiger partial charge in [-0.25, -0.2) is 4.39 Å². The summed E-state index contributed by atoms with van der Waals surface area (Å²) in [5.41, 5.74) is 2.67. The summed E-state index contributed by atoms with van der Waals surface area (Å²) in [5.74, 6) is 0.588. The lowest BCUT2D eigenvalue weighted by Crippen LogP contribution is -2.38. The number of rotatable bonds is 7. The Balaban J connectivity index is 1.35. The topological polar surface area (TPSA) is 39.5 Å². The molecule has 0 N–H and O–H groups in total. The predicted molar refractivity (Wildman–Crippen MR) is 114 cm³/mol. The summed E-state index contributed by atoms with van der Waals surface area (Å²) < 4.78 is 27.6. The zero-order chi connectivity index (χ0) is 20.9. The third-order valence-corrected chi connectivity index (χ3v) is 5.49. The van der Waals surface area contributed by atoms with Crippen LogP contribution in [0.25, 0.3) is 0 Å². The van der Waals surface area contributed by atoms with Crippen molar-refractivity contribution in [2.24, 2.45) is 7.05 Å². The molecule has 1 fully saturated rings. The van der Waals surface area contributed by atoms with Crippen LogP contribution in [-0.4, -0.2) is 41.0 Å². The molecule has 1 aliphatic heterocycles. The molecule has 0 spiro atoms. The van der Waals surface area contributed by atoms with E-state index in [-0.39, 0.29) is 11.9 Å². The van der Waals surface area contributed by atoms with Gasteiger partial charge < -0.3 is 9.47 Å². The molecule has 0 unspecified atom stereocenters. The van der Waals surface area contributed by atoms with E-state index in [1.807, 2.05) is 42.1 Å². The lowest BCUT2D eigenvalue weighted by atomic mass is 10.1. The molecule has 4 rings (SSSR count). The first-order valence-corrected chi connectivity index (χ1v) is 10.4. The molecule has 158 valence electrons. The van der Waals surface area contributed by atoms with E-state index < -0.39 is 0 Å². The van der Waals surface area contributed by atoms with Crippen molar-refractivity contribution in [3.63, 3.8) is 0 Å². The zero-order valence-electron chi connectivity index (χ0n) is 16.9. The minimum absolute atomic E-state index is 0.126. The molecule has 1 aromatic heterocycles. The van der Waals surface area contributed by atoms with Crippen LogP contribution in [0.1, 0.15) is 23.1 Å². The summed E-state index contributed by atoms with van der Waals surface area (Å²) in [5, 5.41) is 5.30. The molecule has 5 nitrogen and oxygen atoms in total. The van der Waals surface area contributed by atoms with Gasteiger partial charge in [-0.1, -0.05) is 35.9 Å². The fraction of sp³-hybridized carbons (Fsp3) is 0.348. The summed E-state index contributed by atoms with van der Waals surface area (Å²) in [6, 6.07) is 16.4. The lowest BCUT2D eigenvalue weighted by Gasteiger charge is -2.32. The molecule has 0 saturated carbocycles. The average Bonchev–Trinajstić information content (AvgIpc) is 3.11. The van der Waals surface area contributed by atoms with Crippen LogP contribution in [0.15, 0.2) is 54.6 Å². The predicted octanol–water partition coefficient (Wildman–Crippen LogP) is 4.41. The molecule has 7 heteroatoms. The standard InChI is InChI=1S/C23H25ClFN3O2/c1-27-19(9-11-29-20-7-4-6-18(24)13-20)14-22(26-27)23-16-28(10-12-30-23)15-17-5-2-3-8-21(17)25/h2-8,13-14,23H,9-12,15-16H2,1H3/t23-/m0/s1. The largest absolute Gasteiger partial charge is 0.493 e. The molecule has 2 aromatic carbocycles. The van der Waals surface area contributed by atoms with Crippen molar-refractivity contribution in [1.29, 1.82) is 0 Å². The van der Waals surface area contributed by atoms with E-state index in [4.69, 9.17) is 21.1 Å². The summed E-state index contributed by atoms with van der Waals surface area (Å²) in [7, 11) is 1.93. The number of benzene rings is 2. The molecule has 1 atom stereocenters. The van der Waals surface area contributed by atoms with E-state index in [1.54, 1.807) is 12.1 Å². The highest BCUT2D eigenvalue weighted by molar-refractivity contribution is 6.30. The van der Waals surface area contributed by atoms with Gasteiger partial charge in [0.1, 0.15) is 17.7 Å². The van der Waals surface area contributed by atoms with E-state index in [0.29, 0.717) is 36.9 Å². The van der Waals surface area contributed by atoms with Crippen LogP contribution >= 0.6 is 11.6 Å². The molecular formula is C23H25ClFN3O2. The smallest absolute Gasteiger partial charge is 0.127 e. The molecule has 0 amide bonds. The second kappa shape index (κ2) is 9.60. The fourth-order valence-corrected chi connectivity index (χ4v) is 3.82. The highest BCUT2D eigenvalue weighted by Gasteiger charge is 2.25. The van der Waals surface area contributed by atoms with Gasteiger partial charge in [0, 0.05) is 49.4 Å². The molecule has 1 saturated heterocycles. The van der Waals surface area contributed by atoms with E-state index in [9.17, 15) is 4.39 Å². The molecule has 2 heterocycles. The summed E-state index contributed by atoms with van der Waals surface area (Å²) in [4.78, 5) is 2.21. The third kappa shape index (κ3) is 5.19. The number of halogens is 2. The van der Waals surface area contributed by atoms with Gasteiger partial charge in [0.2, 0.25) is 0 Å². The Hall–Kier alpha value is -2.41. The summed E-state index contributed by atoms with van der Waals surface area (Å²) in [6.45, 7) is 3.16. The molecule has 0 bridgehead atoms. The van der Waals surface area contributed by atoms with Crippen molar-refractivity contribution < 1.29 is 13.9 Å². The van der Waals surface area contributed by atoms with Gasteiger partial charge >= 0.3 is 0 Å². The summed E-state index contributed by atoms with van der Waals surface area (Å²) in [6.07, 6.45) is 0.598. The van der Waals surface area contributed by atoms with Crippen LogP contribution in [0, 0.1) is 5.82 Å².